The molecule has 0 aromatic carbocycles. The van der Waals surface area contributed by atoms with Crippen molar-refractivity contribution in [2.45, 2.75) is 23.7 Å². The summed E-state index contributed by atoms with van der Waals surface area (Å²) < 4.78 is 25.3. The number of hydrogen-bond acceptors (Lipinski definition) is 6. The molecule has 1 fully saturated rings. The largest absolute Gasteiger partial charge is 0.387 e. The summed E-state index contributed by atoms with van der Waals surface area (Å²) in [5.41, 5.74) is -1.46. The van der Waals surface area contributed by atoms with Gasteiger partial charge in [0.1, 0.15) is 4.21 Å². The highest BCUT2D eigenvalue weighted by atomic mass is 35.5. The molecule has 2 rings (SSSR count). The number of halogens is 1. The van der Waals surface area contributed by atoms with Crippen LogP contribution in [0.1, 0.15) is 13.8 Å². The van der Waals surface area contributed by atoms with Crippen molar-refractivity contribution in [2.24, 2.45) is 5.92 Å². The van der Waals surface area contributed by atoms with E-state index in [0.717, 1.165) is 10.4 Å². The van der Waals surface area contributed by atoms with Gasteiger partial charge in [0.05, 0.1) is 10.5 Å². The molecule has 1 saturated heterocycles. The monoisotopic (exact) mass is 340 g/mol. The van der Waals surface area contributed by atoms with Gasteiger partial charge in [0.2, 0.25) is 0 Å². The average molecular weight is 341 g/mol. The van der Waals surface area contributed by atoms with Crippen LogP contribution < -0.4 is 0 Å². The van der Waals surface area contributed by atoms with Crippen LogP contribution >= 0.6 is 22.9 Å². The van der Waals surface area contributed by atoms with Crippen LogP contribution in [0.3, 0.4) is 0 Å². The fraction of sp³-hybridized carbons (Fsp3) is 0.600. The van der Waals surface area contributed by atoms with E-state index in [2.05, 4.69) is 0 Å². The molecule has 20 heavy (non-hydrogen) atoms. The highest BCUT2D eigenvalue weighted by molar-refractivity contribution is 7.91. The summed E-state index contributed by atoms with van der Waals surface area (Å²) in [5.74, 6) is -0.0739. The summed E-state index contributed by atoms with van der Waals surface area (Å²) in [6, 6.07) is 0.953. The van der Waals surface area contributed by atoms with Gasteiger partial charge in [0.25, 0.3) is 15.7 Å². The molecule has 1 aliphatic rings. The van der Waals surface area contributed by atoms with Gasteiger partial charge in [-0.1, -0.05) is 25.4 Å². The molecule has 0 bridgehead atoms. The molecule has 112 valence electrons. The second-order valence-corrected chi connectivity index (χ2v) is 8.83. The first kappa shape index (κ1) is 15.6. The maximum absolute atomic E-state index is 12.3. The Morgan fingerprint density at radius 2 is 2.10 bits per heavy atom. The van der Waals surface area contributed by atoms with E-state index in [0.29, 0.717) is 11.3 Å². The lowest BCUT2D eigenvalue weighted by Gasteiger charge is -2.47. The molecule has 1 aliphatic heterocycles. The molecule has 0 saturated carbocycles. The van der Waals surface area contributed by atoms with Crippen molar-refractivity contribution in [3.63, 3.8) is 0 Å². The summed E-state index contributed by atoms with van der Waals surface area (Å²) in [6.07, 6.45) is 0. The van der Waals surface area contributed by atoms with Crippen LogP contribution in [0.2, 0.25) is 4.34 Å². The Labute approximate surface area is 125 Å². The molecule has 0 radical (unpaired) electrons. The predicted octanol–water partition coefficient (Wildman–Crippen LogP) is 1.70. The van der Waals surface area contributed by atoms with E-state index in [1.54, 1.807) is 13.8 Å². The van der Waals surface area contributed by atoms with Crippen LogP contribution in [0, 0.1) is 16.0 Å². The smallest absolute Gasteiger partial charge is 0.300 e. The van der Waals surface area contributed by atoms with Crippen molar-refractivity contribution in [3.05, 3.63) is 20.5 Å². The number of sulfonamides is 1. The molecule has 10 heteroatoms. The zero-order chi connectivity index (χ0) is 15.3. The van der Waals surface area contributed by atoms with Crippen molar-refractivity contribution < 1.29 is 18.4 Å². The standard InChI is InChI=1S/C10H13ClN2O5S2/c1-6(2)10(14)4-12(5-10)20(17,18)8-3-7(13(15)16)9(11)19-8/h3,6,14H,4-5H2,1-2H3. The summed E-state index contributed by atoms with van der Waals surface area (Å²) in [6.45, 7) is 3.57. The quantitative estimate of drug-likeness (QED) is 0.664. The first-order valence-corrected chi connectivity index (χ1v) is 8.37. The minimum atomic E-state index is -3.84. The zero-order valence-corrected chi connectivity index (χ0v) is 13.1. The Morgan fingerprint density at radius 1 is 1.55 bits per heavy atom. The Morgan fingerprint density at radius 3 is 2.50 bits per heavy atom. The molecule has 1 aromatic heterocycles. The second-order valence-electron chi connectivity index (χ2n) is 5.01. The fourth-order valence-corrected chi connectivity index (χ4v) is 5.20. The zero-order valence-electron chi connectivity index (χ0n) is 10.7. The Balaban J connectivity index is 2.25. The van der Waals surface area contributed by atoms with Crippen LogP contribution in [0.4, 0.5) is 5.69 Å². The molecule has 0 spiro atoms. The van der Waals surface area contributed by atoms with E-state index in [9.17, 15) is 23.6 Å². The normalized spacial score (nSPS) is 19.1. The second kappa shape index (κ2) is 4.92. The molecule has 0 aliphatic carbocycles. The number of rotatable bonds is 4. The molecular formula is C10H13ClN2O5S2. The van der Waals surface area contributed by atoms with Crippen LogP contribution in [0.5, 0.6) is 0 Å². The van der Waals surface area contributed by atoms with Crippen molar-refractivity contribution in [3.8, 4) is 0 Å². The van der Waals surface area contributed by atoms with Gasteiger partial charge in [-0.15, -0.1) is 11.3 Å². The first-order chi connectivity index (χ1) is 9.08. The van der Waals surface area contributed by atoms with E-state index in [4.69, 9.17) is 11.6 Å². The van der Waals surface area contributed by atoms with Gasteiger partial charge in [-0.25, -0.2) is 8.42 Å². The highest BCUT2D eigenvalue weighted by Gasteiger charge is 2.49. The van der Waals surface area contributed by atoms with Gasteiger partial charge in [-0.05, 0) is 5.92 Å². The van der Waals surface area contributed by atoms with Gasteiger partial charge in [-0.3, -0.25) is 10.1 Å². The predicted molar refractivity (Wildman–Crippen MR) is 74.5 cm³/mol. The lowest BCUT2D eigenvalue weighted by molar-refractivity contribution is -0.384. The molecule has 2 heterocycles. The lowest BCUT2D eigenvalue weighted by Crippen LogP contribution is -2.65. The number of nitro groups is 1. The minimum Gasteiger partial charge on any atom is -0.387 e. The molecular weight excluding hydrogens is 328 g/mol. The number of nitrogens with zero attached hydrogens (tertiary/aromatic N) is 2. The molecule has 7 nitrogen and oxygen atoms in total. The molecule has 0 atom stereocenters. The van der Waals surface area contributed by atoms with Crippen molar-refractivity contribution >= 4 is 38.6 Å². The van der Waals surface area contributed by atoms with E-state index in [-0.39, 0.29) is 27.6 Å². The number of thiophene rings is 1. The molecule has 0 unspecified atom stereocenters. The van der Waals surface area contributed by atoms with E-state index in [1.165, 1.54) is 0 Å². The van der Waals surface area contributed by atoms with Crippen molar-refractivity contribution in [1.29, 1.82) is 0 Å². The van der Waals surface area contributed by atoms with Crippen molar-refractivity contribution in [1.82, 2.24) is 4.31 Å². The Kier molecular flexibility index (Phi) is 3.85. The van der Waals surface area contributed by atoms with Gasteiger partial charge in [0, 0.05) is 19.2 Å². The topological polar surface area (TPSA) is 101 Å². The van der Waals surface area contributed by atoms with Crippen LogP contribution in [-0.2, 0) is 10.0 Å². The van der Waals surface area contributed by atoms with Crippen LogP contribution in [0.15, 0.2) is 10.3 Å². The summed E-state index contributed by atoms with van der Waals surface area (Å²) in [7, 11) is -3.84. The van der Waals surface area contributed by atoms with Crippen molar-refractivity contribution in [2.75, 3.05) is 13.1 Å². The maximum atomic E-state index is 12.3. The summed E-state index contributed by atoms with van der Waals surface area (Å²) in [5, 5.41) is 20.8. The lowest BCUT2D eigenvalue weighted by atomic mass is 9.85. The third-order valence-electron chi connectivity index (χ3n) is 3.41. The van der Waals surface area contributed by atoms with Gasteiger partial charge >= 0.3 is 0 Å². The van der Waals surface area contributed by atoms with E-state index < -0.39 is 26.2 Å². The molecule has 1 aromatic rings. The third-order valence-corrected chi connectivity index (χ3v) is 6.99. The van der Waals surface area contributed by atoms with Crippen LogP contribution in [0.25, 0.3) is 0 Å². The molecule has 1 N–H and O–H groups in total. The Bertz CT molecular complexity index is 649. The molecule has 0 amide bonds. The summed E-state index contributed by atoms with van der Waals surface area (Å²) >= 11 is 6.31. The SMILES string of the molecule is CC(C)C1(O)CN(S(=O)(=O)c2cc([N+](=O)[O-])c(Cl)s2)C1. The fourth-order valence-electron chi connectivity index (χ4n) is 1.82. The number of hydrogen-bond donors (Lipinski definition) is 1. The van der Waals surface area contributed by atoms with E-state index >= 15 is 0 Å². The van der Waals surface area contributed by atoms with Crippen LogP contribution in [-0.4, -0.2) is 41.4 Å². The maximum Gasteiger partial charge on any atom is 0.300 e. The number of aliphatic hydroxyl groups is 1. The summed E-state index contributed by atoms with van der Waals surface area (Å²) in [4.78, 5) is 9.96. The van der Waals surface area contributed by atoms with Gasteiger partial charge in [-0.2, -0.15) is 4.31 Å². The van der Waals surface area contributed by atoms with E-state index in [1.807, 2.05) is 0 Å². The highest BCUT2D eigenvalue weighted by Crippen LogP contribution is 2.40. The average Bonchev–Trinajstić information content (AvgIpc) is 2.67. The third kappa shape index (κ3) is 2.44. The van der Waals surface area contributed by atoms with Gasteiger partial charge in [0.15, 0.2) is 4.34 Å². The first-order valence-electron chi connectivity index (χ1n) is 5.74. The Hall–Kier alpha value is -0.740. The van der Waals surface area contributed by atoms with Gasteiger partial charge < -0.3 is 5.11 Å². The number of β-amino-alcohol motifs (C(OH)–C–C–N with tert-alkyl or cyclic N) is 1. The minimum absolute atomic E-state index is 0.0175.